The molecule has 1 fully saturated rings. The Balaban J connectivity index is 0.00000182. The predicted octanol–water partition coefficient (Wildman–Crippen LogP) is 3.82. The molecule has 0 saturated carbocycles. The van der Waals surface area contributed by atoms with Crippen molar-refractivity contribution in [3.05, 3.63) is 102 Å². The van der Waals surface area contributed by atoms with Gasteiger partial charge in [0.15, 0.2) is 5.60 Å². The lowest BCUT2D eigenvalue weighted by atomic mass is 9.82. The second-order valence-corrected chi connectivity index (χ2v) is 7.32. The second kappa shape index (κ2) is 7.53. The summed E-state index contributed by atoms with van der Waals surface area (Å²) in [7, 11) is -1.11. The minimum atomic E-state index is -1.11. The fourth-order valence-electron chi connectivity index (χ4n) is 3.22. The van der Waals surface area contributed by atoms with Crippen LogP contribution in [-0.4, -0.2) is 14.5 Å². The van der Waals surface area contributed by atoms with Crippen LogP contribution in [-0.2, 0) is 14.6 Å². The van der Waals surface area contributed by atoms with Crippen molar-refractivity contribution in [2.45, 2.75) is 18.6 Å². The molecule has 1 aliphatic heterocycles. The molecule has 1 aliphatic rings. The van der Waals surface area contributed by atoms with Gasteiger partial charge in [0.05, 0.1) is 14.5 Å². The molecule has 4 heteroatoms. The van der Waals surface area contributed by atoms with Gasteiger partial charge in [-0.05, 0) is 30.2 Å². The fourth-order valence-corrected chi connectivity index (χ4v) is 4.96. The van der Waals surface area contributed by atoms with Crippen molar-refractivity contribution >= 4 is 22.1 Å². The first-order valence-corrected chi connectivity index (χ1v) is 9.30. The van der Waals surface area contributed by atoms with Gasteiger partial charge in [0.25, 0.3) is 0 Å². The summed E-state index contributed by atoms with van der Waals surface area (Å²) in [6.07, 6.45) is -0.0754. The van der Waals surface area contributed by atoms with Crippen LogP contribution < -0.4 is 5.30 Å². The van der Waals surface area contributed by atoms with Crippen LogP contribution in [0.4, 0.5) is 0 Å². The van der Waals surface area contributed by atoms with E-state index < -0.39 is 14.0 Å². The van der Waals surface area contributed by atoms with Crippen LogP contribution in [0.1, 0.15) is 18.1 Å². The van der Waals surface area contributed by atoms with Crippen LogP contribution in [0.3, 0.4) is 0 Å². The highest BCUT2D eigenvalue weighted by molar-refractivity contribution is 7.56. The van der Waals surface area contributed by atoms with Crippen LogP contribution in [0.15, 0.2) is 91.0 Å². The van der Waals surface area contributed by atoms with E-state index in [1.54, 1.807) is 0 Å². The number of hydrogen-bond donors (Lipinski definition) is 0. The summed E-state index contributed by atoms with van der Waals surface area (Å²) in [5.74, 6) is 0. The van der Waals surface area contributed by atoms with E-state index in [1.165, 1.54) is 0 Å². The number of hydrogen-bond acceptors (Lipinski definition) is 2. The molecular formula is C21H22BO2P. The molecule has 1 heterocycles. The molecular weight excluding hydrogens is 326 g/mol. The van der Waals surface area contributed by atoms with E-state index >= 15 is 0 Å². The summed E-state index contributed by atoms with van der Waals surface area (Å²) in [5.41, 5.74) is 1.68. The van der Waals surface area contributed by atoms with Gasteiger partial charge in [0, 0.05) is 5.30 Å². The Labute approximate surface area is 152 Å². The van der Waals surface area contributed by atoms with Gasteiger partial charge in [-0.2, -0.15) is 0 Å². The molecule has 0 N–H and O–H groups in total. The van der Waals surface area contributed by atoms with E-state index in [0.29, 0.717) is 0 Å². The average Bonchev–Trinajstić information content (AvgIpc) is 3.02. The molecule has 0 radical (unpaired) electrons. The first kappa shape index (κ1) is 17.9. The Bertz CT molecular complexity index is 756. The fraction of sp³-hybridized carbons (Fsp3) is 0.143. The second-order valence-electron chi connectivity index (χ2n) is 5.90. The number of rotatable bonds is 3. The van der Waals surface area contributed by atoms with Crippen LogP contribution in [0, 0.1) is 0 Å². The topological polar surface area (TPSA) is 18.5 Å². The molecule has 0 spiro atoms. The van der Waals surface area contributed by atoms with E-state index in [-0.39, 0.29) is 14.5 Å². The minimum Gasteiger partial charge on any atom is -0.324 e. The zero-order valence-electron chi connectivity index (χ0n) is 13.5. The first-order chi connectivity index (χ1) is 11.8. The molecule has 0 aliphatic carbocycles. The van der Waals surface area contributed by atoms with E-state index in [1.807, 2.05) is 30.3 Å². The smallest absolute Gasteiger partial charge is 0.206 e. The summed E-state index contributed by atoms with van der Waals surface area (Å²) in [4.78, 5) is 0. The number of benzene rings is 3. The van der Waals surface area contributed by atoms with Crippen molar-refractivity contribution in [3.8, 4) is 0 Å². The standard InChI is InChI=1S/C21H19O2P.BH3/c1-17-21(18-11-5-2-6-12-18,19-13-7-3-8-14-19)23-24(22-17)20-15-9-4-10-16-20;/h2-17H,1H3;1H3. The zero-order chi connectivity index (χ0) is 16.4. The molecule has 3 aromatic carbocycles. The lowest BCUT2D eigenvalue weighted by Crippen LogP contribution is -2.36. The summed E-state index contributed by atoms with van der Waals surface area (Å²) in [6.45, 7) is 2.10. The molecule has 1 saturated heterocycles. The van der Waals surface area contributed by atoms with Crippen molar-refractivity contribution < 1.29 is 9.05 Å². The highest BCUT2D eigenvalue weighted by Gasteiger charge is 2.51. The Hall–Kier alpha value is -1.93. The molecule has 3 aromatic rings. The quantitative estimate of drug-likeness (QED) is 0.529. The maximum atomic E-state index is 6.66. The molecule has 0 amide bonds. The van der Waals surface area contributed by atoms with Crippen molar-refractivity contribution in [2.24, 2.45) is 0 Å². The minimum absolute atomic E-state index is 0. The van der Waals surface area contributed by atoms with Crippen LogP contribution in [0.25, 0.3) is 0 Å². The Morgan fingerprint density at radius 2 is 1.16 bits per heavy atom. The first-order valence-electron chi connectivity index (χ1n) is 8.13. The van der Waals surface area contributed by atoms with Crippen molar-refractivity contribution in [1.29, 1.82) is 0 Å². The molecule has 2 unspecified atom stereocenters. The summed E-state index contributed by atoms with van der Waals surface area (Å²) >= 11 is 0. The van der Waals surface area contributed by atoms with Gasteiger partial charge in [0.2, 0.25) is 8.38 Å². The van der Waals surface area contributed by atoms with Crippen LogP contribution >= 0.6 is 8.38 Å². The largest absolute Gasteiger partial charge is 0.324 e. The molecule has 126 valence electrons. The maximum Gasteiger partial charge on any atom is 0.206 e. The van der Waals surface area contributed by atoms with Gasteiger partial charge in [0.1, 0.15) is 0 Å². The third kappa shape index (κ3) is 3.16. The highest BCUT2D eigenvalue weighted by Crippen LogP contribution is 2.58. The Morgan fingerprint density at radius 3 is 1.64 bits per heavy atom. The van der Waals surface area contributed by atoms with Gasteiger partial charge < -0.3 is 9.05 Å². The van der Waals surface area contributed by atoms with Crippen LogP contribution in [0.5, 0.6) is 0 Å². The van der Waals surface area contributed by atoms with Crippen LogP contribution in [0.2, 0.25) is 0 Å². The molecule has 0 aromatic heterocycles. The molecule has 2 atom stereocenters. The molecule has 2 nitrogen and oxygen atoms in total. The van der Waals surface area contributed by atoms with Gasteiger partial charge in [-0.1, -0.05) is 78.9 Å². The van der Waals surface area contributed by atoms with Gasteiger partial charge in [-0.25, -0.2) is 0 Å². The normalized spacial score (nSPS) is 21.5. The van der Waals surface area contributed by atoms with E-state index in [4.69, 9.17) is 9.05 Å². The van der Waals surface area contributed by atoms with E-state index in [2.05, 4.69) is 67.6 Å². The van der Waals surface area contributed by atoms with Crippen molar-refractivity contribution in [3.63, 3.8) is 0 Å². The lowest BCUT2D eigenvalue weighted by molar-refractivity contribution is 0.0859. The Kier molecular flexibility index (Phi) is 5.39. The van der Waals surface area contributed by atoms with Gasteiger partial charge >= 0.3 is 0 Å². The van der Waals surface area contributed by atoms with Crippen molar-refractivity contribution in [1.82, 2.24) is 0 Å². The summed E-state index contributed by atoms with van der Waals surface area (Å²) in [6, 6.07) is 31.0. The molecule has 4 rings (SSSR count). The van der Waals surface area contributed by atoms with E-state index in [0.717, 1.165) is 16.4 Å². The van der Waals surface area contributed by atoms with Gasteiger partial charge in [-0.15, -0.1) is 0 Å². The zero-order valence-corrected chi connectivity index (χ0v) is 14.4. The highest BCUT2D eigenvalue weighted by atomic mass is 31.2. The summed E-state index contributed by atoms with van der Waals surface area (Å²) < 4.78 is 13.0. The average molecular weight is 348 g/mol. The third-order valence-electron chi connectivity index (χ3n) is 4.43. The van der Waals surface area contributed by atoms with Crippen molar-refractivity contribution in [2.75, 3.05) is 0 Å². The summed E-state index contributed by atoms with van der Waals surface area (Å²) in [5, 5.41) is 1.10. The van der Waals surface area contributed by atoms with Gasteiger partial charge in [-0.3, -0.25) is 0 Å². The maximum absolute atomic E-state index is 6.66. The SMILES string of the molecule is B.CC1OP(c2ccccc2)OC1(c1ccccc1)c1ccccc1. The predicted molar refractivity (Wildman–Crippen MR) is 108 cm³/mol. The monoisotopic (exact) mass is 348 g/mol. The lowest BCUT2D eigenvalue weighted by Gasteiger charge is -2.31. The third-order valence-corrected chi connectivity index (χ3v) is 6.11. The molecule has 25 heavy (non-hydrogen) atoms. The molecule has 0 bridgehead atoms. The van der Waals surface area contributed by atoms with E-state index in [9.17, 15) is 0 Å². The Morgan fingerprint density at radius 1 is 0.720 bits per heavy atom.